The molecule has 98 valence electrons. The minimum absolute atomic E-state index is 0.244. The number of carbonyl (C=O) groups is 1. The number of methoxy groups -OCH3 is 1. The maximum absolute atomic E-state index is 11.9. The van der Waals surface area contributed by atoms with E-state index in [0.717, 1.165) is 40.0 Å². The van der Waals surface area contributed by atoms with Crippen molar-refractivity contribution in [3.05, 3.63) is 46.2 Å². The summed E-state index contributed by atoms with van der Waals surface area (Å²) in [6, 6.07) is 7.80. The minimum Gasteiger partial charge on any atom is -0.495 e. The van der Waals surface area contributed by atoms with Crippen LogP contribution in [0.15, 0.2) is 34.9 Å². The van der Waals surface area contributed by atoms with Crippen molar-refractivity contribution in [2.45, 2.75) is 19.3 Å². The third-order valence-electron chi connectivity index (χ3n) is 3.51. The molecular formula is C15H14BrNO2. The summed E-state index contributed by atoms with van der Waals surface area (Å²) in [5.41, 5.74) is 2.91. The Labute approximate surface area is 120 Å². The van der Waals surface area contributed by atoms with Gasteiger partial charge in [0.2, 0.25) is 0 Å². The summed E-state index contributed by atoms with van der Waals surface area (Å²) in [4.78, 5) is 11.9. The van der Waals surface area contributed by atoms with Crippen molar-refractivity contribution >= 4 is 21.7 Å². The number of rotatable bonds is 2. The summed E-state index contributed by atoms with van der Waals surface area (Å²) < 4.78 is 8.47. The lowest BCUT2D eigenvalue weighted by atomic mass is 9.97. The van der Waals surface area contributed by atoms with Crippen LogP contribution in [0.3, 0.4) is 0 Å². The van der Waals surface area contributed by atoms with Crippen LogP contribution in [0, 0.1) is 0 Å². The second kappa shape index (κ2) is 4.85. The van der Waals surface area contributed by atoms with E-state index in [1.807, 2.05) is 30.5 Å². The summed E-state index contributed by atoms with van der Waals surface area (Å²) in [6.07, 6.45) is 4.47. The average molecular weight is 320 g/mol. The normalized spacial score (nSPS) is 14.3. The van der Waals surface area contributed by atoms with Crippen LogP contribution in [-0.4, -0.2) is 17.5 Å². The van der Waals surface area contributed by atoms with E-state index >= 15 is 0 Å². The zero-order valence-electron chi connectivity index (χ0n) is 10.6. The van der Waals surface area contributed by atoms with Crippen LogP contribution in [0.5, 0.6) is 5.75 Å². The van der Waals surface area contributed by atoms with Crippen LogP contribution < -0.4 is 4.74 Å². The number of hydrogen-bond donors (Lipinski definition) is 0. The molecule has 0 spiro atoms. The number of carbonyl (C=O) groups excluding carboxylic acids is 1. The van der Waals surface area contributed by atoms with Crippen LogP contribution in [0.25, 0.3) is 5.69 Å². The van der Waals surface area contributed by atoms with E-state index in [1.165, 1.54) is 0 Å². The molecule has 1 aliphatic carbocycles. The molecule has 3 rings (SSSR count). The van der Waals surface area contributed by atoms with Gasteiger partial charge in [-0.05, 0) is 37.1 Å². The summed E-state index contributed by atoms with van der Waals surface area (Å²) in [5.74, 6) is 1.05. The molecule has 0 bridgehead atoms. The summed E-state index contributed by atoms with van der Waals surface area (Å²) >= 11 is 3.48. The Hall–Kier alpha value is -1.55. The molecular weight excluding hydrogens is 306 g/mol. The maximum atomic E-state index is 11.9. The van der Waals surface area contributed by atoms with Gasteiger partial charge >= 0.3 is 0 Å². The quantitative estimate of drug-likeness (QED) is 0.843. The van der Waals surface area contributed by atoms with Crippen molar-refractivity contribution in [3.8, 4) is 11.4 Å². The fraction of sp³-hybridized carbons (Fsp3) is 0.267. The number of hydrogen-bond acceptors (Lipinski definition) is 2. The molecule has 1 aliphatic rings. The number of nitrogens with zero attached hydrogens (tertiary/aromatic N) is 1. The minimum atomic E-state index is 0.244. The number of benzene rings is 1. The van der Waals surface area contributed by atoms with E-state index in [2.05, 4.69) is 20.5 Å². The molecule has 4 heteroatoms. The number of aromatic nitrogens is 1. The molecule has 0 saturated heterocycles. The second-order valence-corrected chi connectivity index (χ2v) is 5.55. The fourth-order valence-corrected chi connectivity index (χ4v) is 2.95. The largest absolute Gasteiger partial charge is 0.495 e. The predicted octanol–water partition coefficient (Wildman–Crippen LogP) is 3.77. The number of ether oxygens (including phenoxy) is 1. The maximum Gasteiger partial charge on any atom is 0.164 e. The van der Waals surface area contributed by atoms with Gasteiger partial charge in [0.1, 0.15) is 5.75 Å². The van der Waals surface area contributed by atoms with Crippen LogP contribution in [-0.2, 0) is 6.42 Å². The van der Waals surface area contributed by atoms with E-state index in [-0.39, 0.29) is 5.78 Å². The van der Waals surface area contributed by atoms with Crippen molar-refractivity contribution in [2.75, 3.05) is 7.11 Å². The average Bonchev–Trinajstić information content (AvgIpc) is 2.84. The van der Waals surface area contributed by atoms with Gasteiger partial charge in [-0.3, -0.25) is 4.79 Å². The molecule has 0 unspecified atom stereocenters. The molecule has 0 amide bonds. The molecule has 1 aromatic heterocycles. The highest BCUT2D eigenvalue weighted by Crippen LogP contribution is 2.31. The zero-order chi connectivity index (χ0) is 13.4. The van der Waals surface area contributed by atoms with E-state index in [9.17, 15) is 4.79 Å². The Bertz CT molecular complexity index is 646. The number of fused-ring (bicyclic) bond motifs is 1. The molecule has 0 saturated carbocycles. The Morgan fingerprint density at radius 1 is 1.26 bits per heavy atom. The Balaban J connectivity index is 2.18. The van der Waals surface area contributed by atoms with Crippen LogP contribution in [0.4, 0.5) is 0 Å². The molecule has 0 fully saturated rings. The van der Waals surface area contributed by atoms with Gasteiger partial charge in [0.25, 0.3) is 0 Å². The van der Waals surface area contributed by atoms with Crippen LogP contribution in [0.1, 0.15) is 28.9 Å². The molecule has 0 N–H and O–H groups in total. The standard InChI is InChI=1S/C15H14BrNO2/c1-19-15-6-5-10(16)9-13(15)17-8-7-11-12(17)3-2-4-14(11)18/h5-9H,2-4H2,1H3. The Morgan fingerprint density at radius 3 is 2.89 bits per heavy atom. The van der Waals surface area contributed by atoms with Crippen molar-refractivity contribution in [2.24, 2.45) is 0 Å². The van der Waals surface area contributed by atoms with E-state index in [0.29, 0.717) is 6.42 Å². The van der Waals surface area contributed by atoms with Crippen molar-refractivity contribution in [1.29, 1.82) is 0 Å². The second-order valence-electron chi connectivity index (χ2n) is 4.64. The lowest BCUT2D eigenvalue weighted by Crippen LogP contribution is -2.12. The smallest absolute Gasteiger partial charge is 0.164 e. The first-order chi connectivity index (χ1) is 9.20. The van der Waals surface area contributed by atoms with Crippen molar-refractivity contribution < 1.29 is 9.53 Å². The molecule has 2 aromatic rings. The lowest BCUT2D eigenvalue weighted by Gasteiger charge is -2.17. The van der Waals surface area contributed by atoms with Gasteiger partial charge in [-0.2, -0.15) is 0 Å². The SMILES string of the molecule is COc1ccc(Br)cc1-n1ccc2c1CCCC2=O. The number of Topliss-reactive ketones (excluding diaryl/α,β-unsaturated/α-hetero) is 1. The van der Waals surface area contributed by atoms with Gasteiger partial charge in [0, 0.05) is 28.3 Å². The van der Waals surface area contributed by atoms with Gasteiger partial charge in [0.05, 0.1) is 12.8 Å². The number of halogens is 1. The summed E-state index contributed by atoms with van der Waals surface area (Å²) in [6.45, 7) is 0. The van der Waals surface area contributed by atoms with Crippen LogP contribution >= 0.6 is 15.9 Å². The molecule has 0 aliphatic heterocycles. The molecule has 0 radical (unpaired) electrons. The van der Waals surface area contributed by atoms with Gasteiger partial charge in [-0.15, -0.1) is 0 Å². The van der Waals surface area contributed by atoms with Gasteiger partial charge < -0.3 is 9.30 Å². The topological polar surface area (TPSA) is 31.2 Å². The monoisotopic (exact) mass is 319 g/mol. The van der Waals surface area contributed by atoms with Gasteiger partial charge in [-0.1, -0.05) is 15.9 Å². The van der Waals surface area contributed by atoms with Gasteiger partial charge in [0.15, 0.2) is 5.78 Å². The molecule has 19 heavy (non-hydrogen) atoms. The summed E-state index contributed by atoms with van der Waals surface area (Å²) in [5, 5.41) is 0. The number of ketones is 1. The highest BCUT2D eigenvalue weighted by Gasteiger charge is 2.22. The highest BCUT2D eigenvalue weighted by molar-refractivity contribution is 9.10. The Morgan fingerprint density at radius 2 is 2.11 bits per heavy atom. The van der Waals surface area contributed by atoms with E-state index < -0.39 is 0 Å². The first kappa shape index (κ1) is 12.5. The first-order valence-electron chi connectivity index (χ1n) is 6.28. The van der Waals surface area contributed by atoms with Crippen molar-refractivity contribution in [1.82, 2.24) is 4.57 Å². The zero-order valence-corrected chi connectivity index (χ0v) is 12.2. The van der Waals surface area contributed by atoms with E-state index in [4.69, 9.17) is 4.74 Å². The third-order valence-corrected chi connectivity index (χ3v) is 4.00. The Kier molecular flexibility index (Phi) is 3.19. The predicted molar refractivity (Wildman–Crippen MR) is 77.3 cm³/mol. The van der Waals surface area contributed by atoms with Crippen LogP contribution in [0.2, 0.25) is 0 Å². The molecule has 0 atom stereocenters. The molecule has 1 aromatic carbocycles. The van der Waals surface area contributed by atoms with Gasteiger partial charge in [-0.25, -0.2) is 0 Å². The molecule has 3 nitrogen and oxygen atoms in total. The van der Waals surface area contributed by atoms with E-state index in [1.54, 1.807) is 7.11 Å². The fourth-order valence-electron chi connectivity index (χ4n) is 2.60. The highest BCUT2D eigenvalue weighted by atomic mass is 79.9. The lowest BCUT2D eigenvalue weighted by molar-refractivity contribution is 0.0972. The molecule has 1 heterocycles. The first-order valence-corrected chi connectivity index (χ1v) is 7.07. The third kappa shape index (κ3) is 2.10. The van der Waals surface area contributed by atoms with Crippen molar-refractivity contribution in [3.63, 3.8) is 0 Å². The summed E-state index contributed by atoms with van der Waals surface area (Å²) in [7, 11) is 1.66.